The Balaban J connectivity index is 1.98. The van der Waals surface area contributed by atoms with E-state index in [4.69, 9.17) is 4.74 Å². The standard InChI is InChI=1S/C22H16N2O5/c1-12-19(14-5-2-3-7-17(14)24(12)28)22(16-9-8-13(25)11-18(16)26)20-15(21(27)29-22)6-4-10-23-20/h2-11,25-26,28H,1H3. The van der Waals surface area contributed by atoms with Gasteiger partial charge in [-0.25, -0.2) is 4.79 Å². The zero-order chi connectivity index (χ0) is 20.3. The monoisotopic (exact) mass is 388 g/mol. The summed E-state index contributed by atoms with van der Waals surface area (Å²) < 4.78 is 6.97. The van der Waals surface area contributed by atoms with E-state index in [1.54, 1.807) is 43.5 Å². The van der Waals surface area contributed by atoms with E-state index < -0.39 is 11.6 Å². The molecule has 1 unspecified atom stereocenters. The van der Waals surface area contributed by atoms with Crippen molar-refractivity contribution in [3.8, 4) is 11.5 Å². The van der Waals surface area contributed by atoms with E-state index in [1.807, 2.05) is 6.07 Å². The normalized spacial score (nSPS) is 18.0. The van der Waals surface area contributed by atoms with Gasteiger partial charge in [0.25, 0.3) is 0 Å². The molecule has 0 bridgehead atoms. The first-order valence-electron chi connectivity index (χ1n) is 8.96. The zero-order valence-electron chi connectivity index (χ0n) is 15.3. The highest BCUT2D eigenvalue weighted by atomic mass is 16.6. The van der Waals surface area contributed by atoms with Gasteiger partial charge in [0.1, 0.15) is 17.2 Å². The van der Waals surface area contributed by atoms with Gasteiger partial charge < -0.3 is 20.2 Å². The second kappa shape index (κ2) is 5.75. The number of nitrogens with zero attached hydrogens (tertiary/aromatic N) is 2. The zero-order valence-corrected chi connectivity index (χ0v) is 15.3. The summed E-state index contributed by atoms with van der Waals surface area (Å²) in [6.45, 7) is 1.70. The van der Waals surface area contributed by atoms with Gasteiger partial charge in [-0.15, -0.1) is 0 Å². The van der Waals surface area contributed by atoms with Crippen molar-refractivity contribution in [2.24, 2.45) is 0 Å². The lowest BCUT2D eigenvalue weighted by atomic mass is 9.80. The quantitative estimate of drug-likeness (QED) is 0.359. The predicted octanol–water partition coefficient (Wildman–Crippen LogP) is 3.46. The summed E-state index contributed by atoms with van der Waals surface area (Å²) in [6.07, 6.45) is 1.54. The summed E-state index contributed by atoms with van der Waals surface area (Å²) in [6, 6.07) is 14.5. The van der Waals surface area contributed by atoms with Crippen molar-refractivity contribution in [2.75, 3.05) is 0 Å². The van der Waals surface area contributed by atoms with Gasteiger partial charge in [0.2, 0.25) is 5.60 Å². The second-order valence-electron chi connectivity index (χ2n) is 6.96. The molecular weight excluding hydrogens is 372 g/mol. The molecule has 2 aromatic carbocycles. The van der Waals surface area contributed by atoms with Crippen LogP contribution in [0.15, 0.2) is 60.8 Å². The number of rotatable bonds is 2. The van der Waals surface area contributed by atoms with Crippen molar-refractivity contribution in [3.63, 3.8) is 0 Å². The van der Waals surface area contributed by atoms with Crippen LogP contribution in [0.3, 0.4) is 0 Å². The summed E-state index contributed by atoms with van der Waals surface area (Å²) in [4.78, 5) is 17.2. The van der Waals surface area contributed by atoms with Gasteiger partial charge in [0.15, 0.2) is 0 Å². The fourth-order valence-corrected chi connectivity index (χ4v) is 4.19. The van der Waals surface area contributed by atoms with Crippen LogP contribution in [0.4, 0.5) is 0 Å². The third kappa shape index (κ3) is 2.12. The Morgan fingerprint density at radius 2 is 1.86 bits per heavy atom. The molecule has 1 aliphatic rings. The number of phenols is 2. The van der Waals surface area contributed by atoms with Gasteiger partial charge in [0.05, 0.1) is 16.8 Å². The molecule has 2 aromatic heterocycles. The first kappa shape index (κ1) is 17.1. The third-order valence-electron chi connectivity index (χ3n) is 5.40. The summed E-state index contributed by atoms with van der Waals surface area (Å²) in [5.41, 5.74) is 0.675. The van der Waals surface area contributed by atoms with Crippen LogP contribution in [0.5, 0.6) is 11.5 Å². The molecule has 1 atom stereocenters. The number of para-hydroxylation sites is 1. The highest BCUT2D eigenvalue weighted by Crippen LogP contribution is 2.52. The average Bonchev–Trinajstić information content (AvgIpc) is 3.15. The van der Waals surface area contributed by atoms with E-state index in [2.05, 4.69) is 4.98 Å². The van der Waals surface area contributed by atoms with Crippen molar-refractivity contribution >= 4 is 16.9 Å². The maximum absolute atomic E-state index is 12.8. The minimum atomic E-state index is -1.59. The predicted molar refractivity (Wildman–Crippen MR) is 103 cm³/mol. The molecule has 0 radical (unpaired) electrons. The van der Waals surface area contributed by atoms with Crippen LogP contribution in [0, 0.1) is 6.92 Å². The number of phenolic OH excluding ortho intramolecular Hbond substituents is 2. The number of carbonyl (C=O) groups excluding carboxylic acids is 1. The highest BCUT2D eigenvalue weighted by molar-refractivity contribution is 5.98. The van der Waals surface area contributed by atoms with Crippen molar-refractivity contribution < 1.29 is 25.0 Å². The van der Waals surface area contributed by atoms with E-state index in [9.17, 15) is 20.2 Å². The number of carbonyl (C=O) groups is 1. The minimum absolute atomic E-state index is 0.131. The number of hydrogen-bond donors (Lipinski definition) is 3. The van der Waals surface area contributed by atoms with Gasteiger partial charge in [-0.1, -0.05) is 18.2 Å². The molecule has 0 fully saturated rings. The number of benzene rings is 2. The van der Waals surface area contributed by atoms with Crippen LogP contribution in [0.25, 0.3) is 10.9 Å². The summed E-state index contributed by atoms with van der Waals surface area (Å²) in [5.74, 6) is -0.978. The molecule has 7 nitrogen and oxygen atoms in total. The van der Waals surface area contributed by atoms with Gasteiger partial charge in [-0.05, 0) is 37.3 Å². The van der Waals surface area contributed by atoms with Gasteiger partial charge in [-0.2, -0.15) is 4.73 Å². The van der Waals surface area contributed by atoms with E-state index in [0.717, 1.165) is 4.73 Å². The van der Waals surface area contributed by atoms with Crippen molar-refractivity contribution in [1.29, 1.82) is 0 Å². The van der Waals surface area contributed by atoms with Crippen LogP contribution in [0.2, 0.25) is 0 Å². The number of ether oxygens (including phenoxy) is 1. The second-order valence-corrected chi connectivity index (χ2v) is 6.96. The van der Waals surface area contributed by atoms with Gasteiger partial charge in [0, 0.05) is 28.8 Å². The highest BCUT2D eigenvalue weighted by Gasteiger charge is 2.53. The summed E-state index contributed by atoms with van der Waals surface area (Å²) in [7, 11) is 0. The molecule has 0 saturated heterocycles. The molecule has 0 spiro atoms. The Kier molecular flexibility index (Phi) is 3.39. The van der Waals surface area contributed by atoms with Crippen LogP contribution >= 0.6 is 0 Å². The Hall–Kier alpha value is -4.00. The maximum atomic E-state index is 12.8. The van der Waals surface area contributed by atoms with E-state index in [-0.39, 0.29) is 22.6 Å². The fraction of sp³-hybridized carbons (Fsp3) is 0.0909. The van der Waals surface area contributed by atoms with Crippen molar-refractivity contribution in [3.05, 3.63) is 88.9 Å². The van der Waals surface area contributed by atoms with Crippen LogP contribution in [0.1, 0.15) is 32.9 Å². The summed E-state index contributed by atoms with van der Waals surface area (Å²) in [5, 5.41) is 31.8. The molecule has 4 aromatic rings. The van der Waals surface area contributed by atoms with Crippen LogP contribution < -0.4 is 0 Å². The maximum Gasteiger partial charge on any atom is 0.341 e. The molecule has 1 aliphatic heterocycles. The number of esters is 1. The SMILES string of the molecule is Cc1c(C2(c3ccc(O)cc3O)OC(=O)c3cccnc32)c2ccccc2n1O. The average molecular weight is 388 g/mol. The van der Waals surface area contributed by atoms with Gasteiger partial charge in [-0.3, -0.25) is 4.98 Å². The summed E-state index contributed by atoms with van der Waals surface area (Å²) >= 11 is 0. The molecule has 144 valence electrons. The smallest absolute Gasteiger partial charge is 0.341 e. The molecule has 5 rings (SSSR count). The largest absolute Gasteiger partial charge is 0.508 e. The number of pyridine rings is 1. The molecule has 0 amide bonds. The molecule has 0 saturated carbocycles. The van der Waals surface area contributed by atoms with Crippen molar-refractivity contribution in [1.82, 2.24) is 9.71 Å². The molecule has 3 N–H and O–H groups in total. The minimum Gasteiger partial charge on any atom is -0.508 e. The lowest BCUT2D eigenvalue weighted by molar-refractivity contribution is 0.0235. The number of cyclic esters (lactones) is 1. The first-order chi connectivity index (χ1) is 13.9. The molecule has 7 heteroatoms. The van der Waals surface area contributed by atoms with Crippen molar-refractivity contribution in [2.45, 2.75) is 12.5 Å². The van der Waals surface area contributed by atoms with E-state index >= 15 is 0 Å². The lowest BCUT2D eigenvalue weighted by Gasteiger charge is -2.30. The molecule has 3 heterocycles. The molecule has 29 heavy (non-hydrogen) atoms. The molecular formula is C22H16N2O5. The lowest BCUT2D eigenvalue weighted by Crippen LogP contribution is -2.31. The Bertz CT molecular complexity index is 1310. The van der Waals surface area contributed by atoms with Crippen LogP contribution in [-0.2, 0) is 10.3 Å². The number of hydrogen-bond acceptors (Lipinski definition) is 6. The fourth-order valence-electron chi connectivity index (χ4n) is 4.19. The number of fused-ring (bicyclic) bond motifs is 2. The van der Waals surface area contributed by atoms with Gasteiger partial charge >= 0.3 is 5.97 Å². The Morgan fingerprint density at radius 1 is 1.07 bits per heavy atom. The Morgan fingerprint density at radius 3 is 2.66 bits per heavy atom. The van der Waals surface area contributed by atoms with E-state index in [1.165, 1.54) is 18.2 Å². The van der Waals surface area contributed by atoms with Crippen LogP contribution in [-0.4, -0.2) is 31.1 Å². The first-order valence-corrected chi connectivity index (χ1v) is 8.96. The number of aromatic hydroxyl groups is 2. The van der Waals surface area contributed by atoms with E-state index in [0.29, 0.717) is 27.9 Å². The number of aromatic nitrogens is 2. The topological polar surface area (TPSA) is 105 Å². The third-order valence-corrected chi connectivity index (χ3v) is 5.40. The Labute approximate surface area is 165 Å². The molecule has 0 aliphatic carbocycles.